The molecule has 0 atom stereocenters. The van der Waals surface area contributed by atoms with Crippen molar-refractivity contribution in [3.05, 3.63) is 34.2 Å². The molecule has 1 aromatic heterocycles. The van der Waals surface area contributed by atoms with Gasteiger partial charge < -0.3 is 10.5 Å². The Morgan fingerprint density at radius 1 is 1.41 bits per heavy atom. The molecule has 0 saturated heterocycles. The summed E-state index contributed by atoms with van der Waals surface area (Å²) in [6.45, 7) is 0. The Morgan fingerprint density at radius 2 is 2.06 bits per heavy atom. The predicted molar refractivity (Wildman–Crippen MR) is 68.3 cm³/mol. The van der Waals surface area contributed by atoms with E-state index in [1.807, 2.05) is 12.1 Å². The Labute approximate surface area is 107 Å². The van der Waals surface area contributed by atoms with Crippen LogP contribution in [-0.4, -0.2) is 18.1 Å². The number of carbonyl (C=O) groups excluding carboxylic acids is 1. The van der Waals surface area contributed by atoms with E-state index < -0.39 is 5.97 Å². The summed E-state index contributed by atoms with van der Waals surface area (Å²) in [7, 11) is 1.31. The van der Waals surface area contributed by atoms with Crippen LogP contribution >= 0.6 is 22.9 Å². The fraction of sp³-hybridized carbons (Fsp3) is 0.0909. The Bertz CT molecular complexity index is 551. The largest absolute Gasteiger partial charge is 0.465 e. The lowest BCUT2D eigenvalue weighted by atomic mass is 10.2. The number of benzene rings is 1. The summed E-state index contributed by atoms with van der Waals surface area (Å²) in [6.07, 6.45) is 0. The second-order valence-corrected chi connectivity index (χ2v) is 4.67. The van der Waals surface area contributed by atoms with Gasteiger partial charge in [0.2, 0.25) is 0 Å². The van der Waals surface area contributed by atoms with Gasteiger partial charge >= 0.3 is 5.97 Å². The van der Waals surface area contributed by atoms with Crippen LogP contribution in [0.5, 0.6) is 0 Å². The number of hydrogen-bond acceptors (Lipinski definition) is 5. The first-order valence-corrected chi connectivity index (χ1v) is 5.92. The summed E-state index contributed by atoms with van der Waals surface area (Å²) in [5.74, 6) is -0.285. The van der Waals surface area contributed by atoms with Gasteiger partial charge in [-0.25, -0.2) is 9.78 Å². The monoisotopic (exact) mass is 268 g/mol. The molecule has 1 heterocycles. The minimum absolute atomic E-state index is 0.187. The quantitative estimate of drug-likeness (QED) is 0.851. The Hall–Kier alpha value is -1.59. The molecule has 6 heteroatoms. The van der Waals surface area contributed by atoms with E-state index in [9.17, 15) is 4.79 Å². The van der Waals surface area contributed by atoms with Crippen LogP contribution in [0.3, 0.4) is 0 Å². The highest BCUT2D eigenvalue weighted by Crippen LogP contribution is 2.30. The predicted octanol–water partition coefficient (Wildman–Crippen LogP) is 2.83. The number of carbonyl (C=O) groups is 1. The zero-order valence-corrected chi connectivity index (χ0v) is 10.5. The zero-order valence-electron chi connectivity index (χ0n) is 8.94. The summed E-state index contributed by atoms with van der Waals surface area (Å²) < 4.78 is 4.62. The molecule has 0 aliphatic heterocycles. The number of nitrogens with zero attached hydrogens (tertiary/aromatic N) is 1. The molecule has 0 aliphatic rings. The number of ether oxygens (including phenoxy) is 1. The molecule has 1 aromatic carbocycles. The van der Waals surface area contributed by atoms with Crippen LogP contribution in [-0.2, 0) is 4.74 Å². The van der Waals surface area contributed by atoms with Crippen LogP contribution in [0.15, 0.2) is 24.3 Å². The number of nitrogen functional groups attached to an aromatic ring is 1. The van der Waals surface area contributed by atoms with Gasteiger partial charge in [0.15, 0.2) is 4.88 Å². The number of aromatic nitrogens is 1. The number of methoxy groups -OCH3 is 1. The zero-order chi connectivity index (χ0) is 12.4. The van der Waals surface area contributed by atoms with Crippen molar-refractivity contribution in [1.82, 2.24) is 4.98 Å². The second kappa shape index (κ2) is 4.73. The average molecular weight is 269 g/mol. The maximum Gasteiger partial charge on any atom is 0.351 e. The van der Waals surface area contributed by atoms with E-state index in [1.165, 1.54) is 18.4 Å². The molecule has 4 nitrogen and oxygen atoms in total. The van der Waals surface area contributed by atoms with E-state index in [0.29, 0.717) is 14.9 Å². The summed E-state index contributed by atoms with van der Waals surface area (Å²) in [5, 5.41) is 1.31. The highest BCUT2D eigenvalue weighted by molar-refractivity contribution is 7.17. The molecule has 2 rings (SSSR count). The van der Waals surface area contributed by atoms with Crippen LogP contribution in [0.25, 0.3) is 10.6 Å². The molecule has 0 saturated carbocycles. The first kappa shape index (κ1) is 11.9. The maximum atomic E-state index is 11.4. The minimum atomic E-state index is -0.472. The fourth-order valence-electron chi connectivity index (χ4n) is 1.29. The first-order valence-electron chi connectivity index (χ1n) is 4.72. The Morgan fingerprint density at radius 3 is 2.65 bits per heavy atom. The molecule has 2 N–H and O–H groups in total. The van der Waals surface area contributed by atoms with Gasteiger partial charge in [-0.2, -0.15) is 0 Å². The highest BCUT2D eigenvalue weighted by Gasteiger charge is 2.17. The number of halogens is 1. The van der Waals surface area contributed by atoms with E-state index in [1.54, 1.807) is 12.1 Å². The Kier molecular flexibility index (Phi) is 3.31. The van der Waals surface area contributed by atoms with Gasteiger partial charge in [0.05, 0.1) is 7.11 Å². The molecule has 0 amide bonds. The maximum absolute atomic E-state index is 11.4. The number of rotatable bonds is 2. The van der Waals surface area contributed by atoms with Crippen molar-refractivity contribution in [2.75, 3.05) is 12.8 Å². The van der Waals surface area contributed by atoms with Crippen molar-refractivity contribution in [1.29, 1.82) is 0 Å². The SMILES string of the molecule is COC(=O)c1sc(-c2ccc(Cl)cc2)nc1N. The van der Waals surface area contributed by atoms with Crippen molar-refractivity contribution >= 4 is 34.7 Å². The molecule has 0 fully saturated rings. The van der Waals surface area contributed by atoms with E-state index in [0.717, 1.165) is 5.56 Å². The van der Waals surface area contributed by atoms with Crippen LogP contribution < -0.4 is 5.73 Å². The van der Waals surface area contributed by atoms with Gasteiger partial charge in [0.25, 0.3) is 0 Å². The lowest BCUT2D eigenvalue weighted by Gasteiger charge is -1.95. The minimum Gasteiger partial charge on any atom is -0.465 e. The molecule has 17 heavy (non-hydrogen) atoms. The molecule has 2 aromatic rings. The van der Waals surface area contributed by atoms with Gasteiger partial charge in [0, 0.05) is 10.6 Å². The van der Waals surface area contributed by atoms with E-state index in [2.05, 4.69) is 9.72 Å². The van der Waals surface area contributed by atoms with E-state index in [4.69, 9.17) is 17.3 Å². The van der Waals surface area contributed by atoms with Crippen LogP contribution in [0.4, 0.5) is 5.82 Å². The molecule has 0 unspecified atom stereocenters. The van der Waals surface area contributed by atoms with Gasteiger partial charge in [-0.05, 0) is 12.1 Å². The molecule has 0 bridgehead atoms. The average Bonchev–Trinajstić information content (AvgIpc) is 2.71. The van der Waals surface area contributed by atoms with Gasteiger partial charge in [-0.1, -0.05) is 23.7 Å². The number of nitrogens with two attached hydrogens (primary N) is 1. The van der Waals surface area contributed by atoms with Crippen molar-refractivity contribution < 1.29 is 9.53 Å². The van der Waals surface area contributed by atoms with Crippen molar-refractivity contribution in [2.45, 2.75) is 0 Å². The Balaban J connectivity index is 2.41. The summed E-state index contributed by atoms with van der Waals surface area (Å²) >= 11 is 6.99. The lowest BCUT2D eigenvalue weighted by molar-refractivity contribution is 0.0607. The normalized spacial score (nSPS) is 10.2. The number of thiazole rings is 1. The number of hydrogen-bond donors (Lipinski definition) is 1. The highest BCUT2D eigenvalue weighted by atomic mass is 35.5. The molecular formula is C11H9ClN2O2S. The molecular weight excluding hydrogens is 260 g/mol. The first-order chi connectivity index (χ1) is 8.11. The number of anilines is 1. The lowest BCUT2D eigenvalue weighted by Crippen LogP contribution is -2.01. The third-order valence-corrected chi connectivity index (χ3v) is 3.47. The van der Waals surface area contributed by atoms with Crippen molar-refractivity contribution in [3.8, 4) is 10.6 Å². The number of esters is 1. The van der Waals surface area contributed by atoms with Crippen molar-refractivity contribution in [2.24, 2.45) is 0 Å². The molecule has 0 spiro atoms. The van der Waals surface area contributed by atoms with E-state index >= 15 is 0 Å². The van der Waals surface area contributed by atoms with Crippen LogP contribution in [0, 0.1) is 0 Å². The van der Waals surface area contributed by atoms with Crippen molar-refractivity contribution in [3.63, 3.8) is 0 Å². The van der Waals surface area contributed by atoms with Gasteiger partial charge in [-0.3, -0.25) is 0 Å². The summed E-state index contributed by atoms with van der Waals surface area (Å²) in [4.78, 5) is 15.8. The fourth-order valence-corrected chi connectivity index (χ4v) is 2.32. The summed E-state index contributed by atoms with van der Waals surface area (Å²) in [6, 6.07) is 7.15. The molecule has 0 radical (unpaired) electrons. The van der Waals surface area contributed by atoms with Gasteiger partial charge in [0.1, 0.15) is 10.8 Å². The molecule has 0 aliphatic carbocycles. The topological polar surface area (TPSA) is 65.2 Å². The third kappa shape index (κ3) is 2.40. The second-order valence-electron chi connectivity index (χ2n) is 3.23. The van der Waals surface area contributed by atoms with Crippen LogP contribution in [0.1, 0.15) is 9.67 Å². The van der Waals surface area contributed by atoms with Crippen LogP contribution in [0.2, 0.25) is 5.02 Å². The van der Waals surface area contributed by atoms with Gasteiger partial charge in [-0.15, -0.1) is 11.3 Å². The summed E-state index contributed by atoms with van der Waals surface area (Å²) in [5.41, 5.74) is 6.52. The smallest absolute Gasteiger partial charge is 0.351 e. The third-order valence-electron chi connectivity index (χ3n) is 2.12. The standard InChI is InChI=1S/C11H9ClN2O2S/c1-16-11(15)8-9(13)14-10(17-8)6-2-4-7(12)5-3-6/h2-5H,13H2,1H3. The van der Waals surface area contributed by atoms with E-state index in [-0.39, 0.29) is 5.82 Å². The molecule has 88 valence electrons.